The second-order valence-electron chi connectivity index (χ2n) is 6.22. The summed E-state index contributed by atoms with van der Waals surface area (Å²) in [7, 11) is 0. The summed E-state index contributed by atoms with van der Waals surface area (Å²) in [5.74, 6) is -0.0854. The molecule has 0 radical (unpaired) electrons. The molecule has 10 nitrogen and oxygen atoms in total. The molecule has 142 valence electrons. The second kappa shape index (κ2) is 6.68. The van der Waals surface area contributed by atoms with Crippen molar-refractivity contribution in [3.8, 4) is 0 Å². The highest BCUT2D eigenvalue weighted by Gasteiger charge is 2.46. The largest absolute Gasteiger partial charge is 0.394 e. The molecular weight excluding hydrogens is 359 g/mol. The molecule has 0 spiro atoms. The fraction of sp³-hybridized carbons (Fsp3) is 0.375. The van der Waals surface area contributed by atoms with Crippen molar-refractivity contribution in [3.05, 3.63) is 46.8 Å². The maximum atomic E-state index is 14.2. The monoisotopic (exact) mass is 376 g/mol. The number of nitrogen functional groups attached to an aromatic ring is 1. The van der Waals surface area contributed by atoms with Crippen LogP contribution in [-0.2, 0) is 11.3 Å². The summed E-state index contributed by atoms with van der Waals surface area (Å²) in [6, 6.07) is 3.53. The standard InChI is InChI=1S/C16H17FN6O4/c17-11-10(7-24)27-14(12(11)25)23-13-9(5-20-15(18)21-13)22(16(23)26)6-8-2-1-3-19-4-8/h1-5,10-12,14,24-25H,6-7H2,(H2,18,20,21)/t10-,11-,12-,14-/m1/s1. The maximum Gasteiger partial charge on any atom is 0.332 e. The Balaban J connectivity index is 1.87. The maximum absolute atomic E-state index is 14.2. The van der Waals surface area contributed by atoms with E-state index in [4.69, 9.17) is 10.5 Å². The van der Waals surface area contributed by atoms with Gasteiger partial charge >= 0.3 is 5.69 Å². The molecule has 3 aromatic heterocycles. The third kappa shape index (κ3) is 2.85. The van der Waals surface area contributed by atoms with Crippen molar-refractivity contribution >= 4 is 17.1 Å². The first-order chi connectivity index (χ1) is 13.0. The molecule has 11 heteroatoms. The van der Waals surface area contributed by atoms with Crippen LogP contribution in [0.2, 0.25) is 0 Å². The molecule has 27 heavy (non-hydrogen) atoms. The third-order valence-electron chi connectivity index (χ3n) is 4.51. The molecule has 4 heterocycles. The predicted octanol–water partition coefficient (Wildman–Crippen LogP) is -0.793. The fourth-order valence-electron chi connectivity index (χ4n) is 3.20. The van der Waals surface area contributed by atoms with E-state index >= 15 is 0 Å². The summed E-state index contributed by atoms with van der Waals surface area (Å²) >= 11 is 0. The van der Waals surface area contributed by atoms with Crippen LogP contribution < -0.4 is 11.4 Å². The highest BCUT2D eigenvalue weighted by Crippen LogP contribution is 2.32. The van der Waals surface area contributed by atoms with Gasteiger partial charge in [0.15, 0.2) is 18.0 Å². The number of imidazole rings is 1. The molecule has 0 unspecified atom stereocenters. The smallest absolute Gasteiger partial charge is 0.332 e. The highest BCUT2D eigenvalue weighted by molar-refractivity contribution is 5.72. The van der Waals surface area contributed by atoms with Crippen LogP contribution in [0.1, 0.15) is 11.8 Å². The minimum atomic E-state index is -1.84. The summed E-state index contributed by atoms with van der Waals surface area (Å²) in [6.45, 7) is -0.469. The Hall–Kier alpha value is -2.89. The van der Waals surface area contributed by atoms with E-state index in [1.54, 1.807) is 24.5 Å². The molecule has 3 aromatic rings. The number of nitrogens with zero attached hydrogens (tertiary/aromatic N) is 5. The van der Waals surface area contributed by atoms with E-state index in [1.807, 2.05) is 0 Å². The highest BCUT2D eigenvalue weighted by atomic mass is 19.1. The topological polar surface area (TPSA) is 141 Å². The van der Waals surface area contributed by atoms with Gasteiger partial charge in [0, 0.05) is 12.4 Å². The number of anilines is 1. The summed E-state index contributed by atoms with van der Waals surface area (Å²) in [4.78, 5) is 25.1. The number of nitrogens with two attached hydrogens (primary N) is 1. The number of aliphatic hydroxyl groups is 2. The van der Waals surface area contributed by atoms with Crippen molar-refractivity contribution in [1.82, 2.24) is 24.1 Å². The van der Waals surface area contributed by atoms with Gasteiger partial charge in [-0.2, -0.15) is 4.98 Å². The number of aliphatic hydroxyl groups excluding tert-OH is 2. The number of alkyl halides is 1. The van der Waals surface area contributed by atoms with E-state index in [0.717, 1.165) is 10.1 Å². The van der Waals surface area contributed by atoms with E-state index in [1.165, 1.54) is 10.8 Å². The lowest BCUT2D eigenvalue weighted by molar-refractivity contribution is -0.0513. The molecule has 0 saturated carbocycles. The quantitative estimate of drug-likeness (QED) is 0.538. The lowest BCUT2D eigenvalue weighted by Crippen LogP contribution is -2.34. The first-order valence-electron chi connectivity index (χ1n) is 8.22. The summed E-state index contributed by atoms with van der Waals surface area (Å²) in [5.41, 5.74) is 6.26. The molecule has 1 fully saturated rings. The molecule has 1 aliphatic rings. The van der Waals surface area contributed by atoms with Crippen LogP contribution in [0.3, 0.4) is 0 Å². The van der Waals surface area contributed by atoms with Gasteiger partial charge in [0.1, 0.15) is 17.7 Å². The van der Waals surface area contributed by atoms with Crippen molar-refractivity contribution in [2.75, 3.05) is 12.3 Å². The number of rotatable bonds is 4. The van der Waals surface area contributed by atoms with Gasteiger partial charge in [-0.1, -0.05) is 6.07 Å². The van der Waals surface area contributed by atoms with Crippen LogP contribution in [0.25, 0.3) is 11.2 Å². The Morgan fingerprint density at radius 1 is 1.37 bits per heavy atom. The van der Waals surface area contributed by atoms with Crippen LogP contribution in [0.5, 0.6) is 0 Å². The van der Waals surface area contributed by atoms with Crippen LogP contribution in [0, 0.1) is 0 Å². The first kappa shape index (κ1) is 17.5. The number of halogens is 1. The van der Waals surface area contributed by atoms with Crippen molar-refractivity contribution < 1.29 is 19.3 Å². The van der Waals surface area contributed by atoms with Gasteiger partial charge in [-0.15, -0.1) is 0 Å². The van der Waals surface area contributed by atoms with E-state index < -0.39 is 36.9 Å². The lowest BCUT2D eigenvalue weighted by atomic mass is 10.1. The molecule has 0 amide bonds. The third-order valence-corrected chi connectivity index (χ3v) is 4.51. The van der Waals surface area contributed by atoms with Crippen LogP contribution >= 0.6 is 0 Å². The Kier molecular flexibility index (Phi) is 4.34. The Bertz CT molecular complexity index is 1020. The van der Waals surface area contributed by atoms with Gasteiger partial charge in [-0.05, 0) is 11.6 Å². The lowest BCUT2D eigenvalue weighted by Gasteiger charge is -2.15. The van der Waals surface area contributed by atoms with Crippen molar-refractivity contribution in [2.24, 2.45) is 0 Å². The normalized spacial score (nSPS) is 25.3. The summed E-state index contributed by atoms with van der Waals surface area (Å²) in [6.07, 6.45) is -1.49. The van der Waals surface area contributed by atoms with Crippen LogP contribution in [-0.4, -0.2) is 59.3 Å². The number of hydrogen-bond donors (Lipinski definition) is 3. The van der Waals surface area contributed by atoms with Crippen molar-refractivity contribution in [1.29, 1.82) is 0 Å². The predicted molar refractivity (Wildman–Crippen MR) is 91.4 cm³/mol. The summed E-state index contributed by atoms with van der Waals surface area (Å²) < 4.78 is 21.9. The van der Waals surface area contributed by atoms with E-state index in [-0.39, 0.29) is 18.1 Å². The van der Waals surface area contributed by atoms with Crippen LogP contribution in [0.15, 0.2) is 35.5 Å². The second-order valence-corrected chi connectivity index (χ2v) is 6.22. The van der Waals surface area contributed by atoms with Crippen LogP contribution in [0.4, 0.5) is 10.3 Å². The minimum absolute atomic E-state index is 0.0854. The Labute approximate surface area is 151 Å². The molecule has 0 bridgehead atoms. The van der Waals surface area contributed by atoms with Crippen molar-refractivity contribution in [2.45, 2.75) is 31.2 Å². The van der Waals surface area contributed by atoms with Crippen molar-refractivity contribution in [3.63, 3.8) is 0 Å². The van der Waals surface area contributed by atoms with Gasteiger partial charge < -0.3 is 20.7 Å². The minimum Gasteiger partial charge on any atom is -0.394 e. The molecule has 4 N–H and O–H groups in total. The number of aromatic nitrogens is 5. The zero-order valence-electron chi connectivity index (χ0n) is 14.0. The van der Waals surface area contributed by atoms with Gasteiger partial charge in [0.2, 0.25) is 5.95 Å². The molecule has 4 rings (SSSR count). The SMILES string of the molecule is Nc1ncc2c(n1)n([C@@H]1O[C@H](CO)[C@@H](F)[C@H]1O)c(=O)n2Cc1cccnc1. The number of ether oxygens (including phenoxy) is 1. The van der Waals surface area contributed by atoms with Gasteiger partial charge in [0.05, 0.1) is 19.3 Å². The fourth-order valence-corrected chi connectivity index (χ4v) is 3.20. The van der Waals surface area contributed by atoms with Gasteiger partial charge in [0.25, 0.3) is 0 Å². The molecule has 4 atom stereocenters. The molecule has 1 aliphatic heterocycles. The molecule has 1 saturated heterocycles. The molecular formula is C16H17FN6O4. The Morgan fingerprint density at radius 2 is 2.19 bits per heavy atom. The molecule has 0 aromatic carbocycles. The Morgan fingerprint density at radius 3 is 2.85 bits per heavy atom. The van der Waals surface area contributed by atoms with E-state index in [2.05, 4.69) is 15.0 Å². The van der Waals surface area contributed by atoms with Gasteiger partial charge in [-0.25, -0.2) is 18.7 Å². The van der Waals surface area contributed by atoms with Gasteiger partial charge in [-0.3, -0.25) is 9.55 Å². The number of hydrogen-bond acceptors (Lipinski definition) is 8. The first-order valence-corrected chi connectivity index (χ1v) is 8.22. The number of fused-ring (bicyclic) bond motifs is 1. The zero-order valence-corrected chi connectivity index (χ0v) is 14.0. The zero-order chi connectivity index (χ0) is 19.1. The van der Waals surface area contributed by atoms with E-state index in [9.17, 15) is 19.4 Å². The average molecular weight is 376 g/mol. The molecule has 0 aliphatic carbocycles. The van der Waals surface area contributed by atoms with E-state index in [0.29, 0.717) is 5.52 Å². The summed E-state index contributed by atoms with van der Waals surface area (Å²) in [5, 5.41) is 19.4. The number of pyridine rings is 1. The average Bonchev–Trinajstić information content (AvgIpc) is 3.10.